The summed E-state index contributed by atoms with van der Waals surface area (Å²) in [6.45, 7) is 6.73. The SMILES string of the molecule is CN=C(NCCS(=O)C(C)(C)C)NC1CCCSC1.I. The third kappa shape index (κ3) is 8.07. The number of thioether (sulfide) groups is 1. The van der Waals surface area contributed by atoms with Gasteiger partial charge in [0.15, 0.2) is 5.96 Å². The van der Waals surface area contributed by atoms with Crippen LogP contribution >= 0.6 is 35.7 Å². The summed E-state index contributed by atoms with van der Waals surface area (Å²) in [6, 6.07) is 0.512. The van der Waals surface area contributed by atoms with Gasteiger partial charge in [0.1, 0.15) is 0 Å². The van der Waals surface area contributed by atoms with Gasteiger partial charge in [-0.25, -0.2) is 0 Å². The smallest absolute Gasteiger partial charge is 0.191 e. The first-order valence-electron chi connectivity index (χ1n) is 6.87. The maximum Gasteiger partial charge on any atom is 0.191 e. The molecule has 4 nitrogen and oxygen atoms in total. The maximum absolute atomic E-state index is 11.9. The maximum atomic E-state index is 11.9. The third-order valence-corrected chi connectivity index (χ3v) is 6.14. The van der Waals surface area contributed by atoms with Crippen molar-refractivity contribution >= 4 is 52.5 Å². The number of nitrogens with one attached hydrogen (secondary N) is 2. The van der Waals surface area contributed by atoms with Crippen molar-refractivity contribution in [2.75, 3.05) is 30.9 Å². The van der Waals surface area contributed by atoms with Crippen molar-refractivity contribution in [1.29, 1.82) is 0 Å². The van der Waals surface area contributed by atoms with Crippen molar-refractivity contribution in [3.63, 3.8) is 0 Å². The topological polar surface area (TPSA) is 53.5 Å². The van der Waals surface area contributed by atoms with E-state index in [-0.39, 0.29) is 28.7 Å². The molecule has 0 aromatic carbocycles. The molecule has 0 aromatic heterocycles. The van der Waals surface area contributed by atoms with E-state index in [0.29, 0.717) is 18.3 Å². The summed E-state index contributed by atoms with van der Waals surface area (Å²) < 4.78 is 11.8. The van der Waals surface area contributed by atoms with Crippen molar-refractivity contribution in [2.24, 2.45) is 4.99 Å². The van der Waals surface area contributed by atoms with E-state index < -0.39 is 10.8 Å². The zero-order valence-electron chi connectivity index (χ0n) is 12.9. The summed E-state index contributed by atoms with van der Waals surface area (Å²) in [7, 11) is 0.972. The van der Waals surface area contributed by atoms with E-state index in [1.165, 1.54) is 18.6 Å². The molecule has 0 aliphatic carbocycles. The molecule has 0 aromatic rings. The molecular formula is C13H28IN3OS2. The molecule has 120 valence electrons. The molecule has 0 radical (unpaired) electrons. The lowest BCUT2D eigenvalue weighted by Crippen LogP contribution is -2.46. The Kier molecular flexibility index (Phi) is 10.5. The zero-order valence-corrected chi connectivity index (χ0v) is 16.9. The van der Waals surface area contributed by atoms with Crippen LogP contribution in [0, 0.1) is 0 Å². The second kappa shape index (κ2) is 10.3. The van der Waals surface area contributed by atoms with Crippen LogP contribution in [0.4, 0.5) is 0 Å². The number of hydrogen-bond donors (Lipinski definition) is 2. The highest BCUT2D eigenvalue weighted by Gasteiger charge is 2.19. The van der Waals surface area contributed by atoms with Crippen molar-refractivity contribution in [3.8, 4) is 0 Å². The second-order valence-corrected chi connectivity index (χ2v) is 9.19. The monoisotopic (exact) mass is 433 g/mol. The Hall–Kier alpha value is 0.500. The predicted molar refractivity (Wildman–Crippen MR) is 103 cm³/mol. The van der Waals surface area contributed by atoms with Crippen LogP contribution in [0.15, 0.2) is 4.99 Å². The lowest BCUT2D eigenvalue weighted by molar-refractivity contribution is 0.583. The lowest BCUT2D eigenvalue weighted by Gasteiger charge is -2.25. The number of guanidine groups is 1. The van der Waals surface area contributed by atoms with Gasteiger partial charge in [0, 0.05) is 46.7 Å². The zero-order chi connectivity index (χ0) is 14.3. The fourth-order valence-electron chi connectivity index (χ4n) is 1.81. The van der Waals surface area contributed by atoms with Gasteiger partial charge in [-0.2, -0.15) is 11.8 Å². The molecule has 2 N–H and O–H groups in total. The van der Waals surface area contributed by atoms with Gasteiger partial charge in [0.05, 0.1) is 0 Å². The van der Waals surface area contributed by atoms with Crippen molar-refractivity contribution in [1.82, 2.24) is 10.6 Å². The van der Waals surface area contributed by atoms with Crippen LogP contribution in [0.2, 0.25) is 0 Å². The standard InChI is InChI=1S/C13H27N3OS2.HI/c1-13(2,3)19(17)9-7-15-12(14-4)16-11-6-5-8-18-10-11;/h11H,5-10H2,1-4H3,(H2,14,15,16);1H. The molecule has 1 rings (SSSR count). The minimum Gasteiger partial charge on any atom is -0.355 e. The van der Waals surface area contributed by atoms with Gasteiger partial charge < -0.3 is 10.6 Å². The minimum atomic E-state index is -0.812. The minimum absolute atomic E-state index is 0. The van der Waals surface area contributed by atoms with Crippen LogP contribution in [-0.2, 0) is 10.8 Å². The van der Waals surface area contributed by atoms with Crippen LogP contribution in [-0.4, -0.2) is 51.8 Å². The molecular weight excluding hydrogens is 405 g/mol. The highest BCUT2D eigenvalue weighted by molar-refractivity contribution is 14.0. The number of aliphatic imine (C=N–C) groups is 1. The Balaban J connectivity index is 0.00000361. The number of nitrogens with zero attached hydrogens (tertiary/aromatic N) is 1. The second-order valence-electron chi connectivity index (χ2n) is 5.72. The van der Waals surface area contributed by atoms with E-state index >= 15 is 0 Å². The predicted octanol–water partition coefficient (Wildman–Crippen LogP) is 2.21. The summed E-state index contributed by atoms with van der Waals surface area (Å²) >= 11 is 1.99. The summed E-state index contributed by atoms with van der Waals surface area (Å²) in [5.41, 5.74) is 0. The van der Waals surface area contributed by atoms with Crippen LogP contribution in [0.25, 0.3) is 0 Å². The normalized spacial score (nSPS) is 21.8. The highest BCUT2D eigenvalue weighted by atomic mass is 127. The quantitative estimate of drug-likeness (QED) is 0.406. The molecule has 1 aliphatic rings. The first-order valence-corrected chi connectivity index (χ1v) is 9.34. The summed E-state index contributed by atoms with van der Waals surface area (Å²) in [6.07, 6.45) is 2.48. The van der Waals surface area contributed by atoms with E-state index in [0.717, 1.165) is 11.7 Å². The molecule has 1 saturated heterocycles. The van der Waals surface area contributed by atoms with Gasteiger partial charge in [0.2, 0.25) is 0 Å². The molecule has 0 saturated carbocycles. The Morgan fingerprint density at radius 2 is 2.15 bits per heavy atom. The van der Waals surface area contributed by atoms with E-state index in [2.05, 4.69) is 15.6 Å². The third-order valence-electron chi connectivity index (χ3n) is 2.99. The fourth-order valence-corrected chi connectivity index (χ4v) is 3.78. The first kappa shape index (κ1) is 20.5. The van der Waals surface area contributed by atoms with E-state index in [1.54, 1.807) is 7.05 Å². The number of hydrogen-bond acceptors (Lipinski definition) is 3. The van der Waals surface area contributed by atoms with E-state index in [9.17, 15) is 4.21 Å². The summed E-state index contributed by atoms with van der Waals surface area (Å²) in [5.74, 6) is 3.91. The Morgan fingerprint density at radius 3 is 2.65 bits per heavy atom. The van der Waals surface area contributed by atoms with Crippen molar-refractivity contribution < 1.29 is 4.21 Å². The molecule has 1 fully saturated rings. The Bertz CT molecular complexity index is 326. The Labute approximate surface area is 147 Å². The number of rotatable bonds is 4. The van der Waals surface area contributed by atoms with Crippen molar-refractivity contribution in [2.45, 2.75) is 44.4 Å². The first-order chi connectivity index (χ1) is 8.93. The molecule has 0 amide bonds. The van der Waals surface area contributed by atoms with Gasteiger partial charge in [-0.3, -0.25) is 9.20 Å². The molecule has 20 heavy (non-hydrogen) atoms. The molecule has 1 heterocycles. The van der Waals surface area contributed by atoms with Gasteiger partial charge in [-0.1, -0.05) is 0 Å². The summed E-state index contributed by atoms with van der Waals surface area (Å²) in [5, 5.41) is 6.69. The molecule has 2 atom stereocenters. The fraction of sp³-hybridized carbons (Fsp3) is 0.923. The average molecular weight is 433 g/mol. The van der Waals surface area contributed by atoms with Crippen LogP contribution < -0.4 is 10.6 Å². The molecule has 0 bridgehead atoms. The van der Waals surface area contributed by atoms with Crippen molar-refractivity contribution in [3.05, 3.63) is 0 Å². The lowest BCUT2D eigenvalue weighted by atomic mass is 10.2. The van der Waals surface area contributed by atoms with Crippen LogP contribution in [0.5, 0.6) is 0 Å². The summed E-state index contributed by atoms with van der Waals surface area (Å²) in [4.78, 5) is 4.23. The Morgan fingerprint density at radius 1 is 1.45 bits per heavy atom. The van der Waals surface area contributed by atoms with Crippen LogP contribution in [0.3, 0.4) is 0 Å². The highest BCUT2D eigenvalue weighted by Crippen LogP contribution is 2.16. The van der Waals surface area contributed by atoms with E-state index in [4.69, 9.17) is 0 Å². The number of halogens is 1. The average Bonchev–Trinajstić information content (AvgIpc) is 2.37. The molecule has 2 unspecified atom stereocenters. The molecule has 1 aliphatic heterocycles. The van der Waals surface area contributed by atoms with Gasteiger partial charge in [0.25, 0.3) is 0 Å². The largest absolute Gasteiger partial charge is 0.355 e. The van der Waals surface area contributed by atoms with E-state index in [1.807, 2.05) is 32.5 Å². The van der Waals surface area contributed by atoms with Crippen LogP contribution in [0.1, 0.15) is 33.6 Å². The van der Waals surface area contributed by atoms with Gasteiger partial charge in [-0.05, 0) is 39.4 Å². The molecule has 0 spiro atoms. The van der Waals surface area contributed by atoms with Gasteiger partial charge >= 0.3 is 0 Å². The van der Waals surface area contributed by atoms with Gasteiger partial charge in [-0.15, -0.1) is 24.0 Å². The molecule has 7 heteroatoms.